The molecule has 0 radical (unpaired) electrons. The molecule has 0 amide bonds. The molecule has 1 fully saturated rings. The fourth-order valence-electron chi connectivity index (χ4n) is 2.28. The predicted octanol–water partition coefficient (Wildman–Crippen LogP) is 4.49. The first-order valence-electron chi connectivity index (χ1n) is 5.72. The largest absolute Gasteiger partial charge is 0.366 e. The maximum atomic E-state index is 6.13. The van der Waals surface area contributed by atoms with Gasteiger partial charge in [0, 0.05) is 16.7 Å². The highest BCUT2D eigenvalue weighted by molar-refractivity contribution is 9.10. The van der Waals surface area contributed by atoms with E-state index in [1.54, 1.807) is 6.20 Å². The van der Waals surface area contributed by atoms with E-state index in [2.05, 4.69) is 33.2 Å². The van der Waals surface area contributed by atoms with Crippen LogP contribution in [-0.2, 0) is 0 Å². The molecular weight excluding hydrogens is 288 g/mol. The molecule has 4 heteroatoms. The highest BCUT2D eigenvalue weighted by atomic mass is 79.9. The van der Waals surface area contributed by atoms with Gasteiger partial charge in [-0.05, 0) is 40.8 Å². The van der Waals surface area contributed by atoms with Crippen molar-refractivity contribution in [1.82, 2.24) is 4.98 Å². The molecule has 0 aromatic carbocycles. The molecule has 1 aliphatic rings. The number of aromatic nitrogens is 1. The standard InChI is InChI=1S/C12H16BrClN2/c1-8-3-2-4-10(5-8)16-12-11(14)6-9(13)7-15-12/h6-8,10H,2-5H2,1H3,(H,15,16). The lowest BCUT2D eigenvalue weighted by Crippen LogP contribution is -2.26. The van der Waals surface area contributed by atoms with Crippen LogP contribution in [0, 0.1) is 5.92 Å². The van der Waals surface area contributed by atoms with E-state index in [1.165, 1.54) is 25.7 Å². The molecule has 88 valence electrons. The van der Waals surface area contributed by atoms with Gasteiger partial charge in [-0.25, -0.2) is 4.98 Å². The van der Waals surface area contributed by atoms with Gasteiger partial charge in [0.15, 0.2) is 0 Å². The molecular formula is C12H16BrClN2. The van der Waals surface area contributed by atoms with Crippen molar-refractivity contribution in [1.29, 1.82) is 0 Å². The molecule has 1 aromatic heterocycles. The first kappa shape index (κ1) is 12.2. The van der Waals surface area contributed by atoms with Crippen molar-refractivity contribution < 1.29 is 0 Å². The van der Waals surface area contributed by atoms with Crippen LogP contribution in [-0.4, -0.2) is 11.0 Å². The topological polar surface area (TPSA) is 24.9 Å². The van der Waals surface area contributed by atoms with Crippen LogP contribution < -0.4 is 5.32 Å². The molecule has 1 aliphatic carbocycles. The zero-order valence-corrected chi connectivity index (χ0v) is 11.7. The van der Waals surface area contributed by atoms with Crippen LogP contribution in [0.15, 0.2) is 16.7 Å². The Bertz CT molecular complexity index is 370. The number of anilines is 1. The van der Waals surface area contributed by atoms with Crippen molar-refractivity contribution in [2.45, 2.75) is 38.6 Å². The Hall–Kier alpha value is -0.280. The summed E-state index contributed by atoms with van der Waals surface area (Å²) in [6.45, 7) is 2.31. The summed E-state index contributed by atoms with van der Waals surface area (Å²) in [6.07, 6.45) is 6.86. The highest BCUT2D eigenvalue weighted by Gasteiger charge is 2.19. The van der Waals surface area contributed by atoms with E-state index < -0.39 is 0 Å². The van der Waals surface area contributed by atoms with Gasteiger partial charge in [-0.2, -0.15) is 0 Å². The van der Waals surface area contributed by atoms with Gasteiger partial charge in [0.25, 0.3) is 0 Å². The molecule has 2 rings (SSSR count). The molecule has 16 heavy (non-hydrogen) atoms. The Kier molecular flexibility index (Phi) is 4.09. The van der Waals surface area contributed by atoms with E-state index >= 15 is 0 Å². The van der Waals surface area contributed by atoms with Gasteiger partial charge in [-0.1, -0.05) is 31.4 Å². The second-order valence-corrected chi connectivity index (χ2v) is 5.92. The first-order chi connectivity index (χ1) is 7.65. The molecule has 1 heterocycles. The quantitative estimate of drug-likeness (QED) is 0.871. The second kappa shape index (κ2) is 5.37. The summed E-state index contributed by atoms with van der Waals surface area (Å²) >= 11 is 9.49. The number of rotatable bonds is 2. The fourth-order valence-corrected chi connectivity index (χ4v) is 2.96. The summed E-state index contributed by atoms with van der Waals surface area (Å²) in [5, 5.41) is 4.13. The van der Waals surface area contributed by atoms with Crippen LogP contribution in [0.25, 0.3) is 0 Å². The lowest BCUT2D eigenvalue weighted by Gasteiger charge is -2.28. The van der Waals surface area contributed by atoms with E-state index in [1.807, 2.05) is 6.07 Å². The molecule has 1 aromatic rings. The van der Waals surface area contributed by atoms with Gasteiger partial charge in [0.2, 0.25) is 0 Å². The van der Waals surface area contributed by atoms with E-state index in [0.29, 0.717) is 11.1 Å². The van der Waals surface area contributed by atoms with Crippen LogP contribution in [0.5, 0.6) is 0 Å². The highest BCUT2D eigenvalue weighted by Crippen LogP contribution is 2.29. The normalized spacial score (nSPS) is 25.4. The Morgan fingerprint density at radius 3 is 3.00 bits per heavy atom. The van der Waals surface area contributed by atoms with Gasteiger partial charge in [-0.3, -0.25) is 0 Å². The van der Waals surface area contributed by atoms with Crippen molar-refractivity contribution in [2.24, 2.45) is 5.92 Å². The maximum Gasteiger partial charge on any atom is 0.145 e. The third-order valence-corrected chi connectivity index (χ3v) is 3.81. The molecule has 1 saturated carbocycles. The SMILES string of the molecule is CC1CCCC(Nc2ncc(Br)cc2Cl)C1. The van der Waals surface area contributed by atoms with E-state index in [4.69, 9.17) is 11.6 Å². The van der Waals surface area contributed by atoms with Crippen molar-refractivity contribution in [3.63, 3.8) is 0 Å². The van der Waals surface area contributed by atoms with Crippen LogP contribution in [0.3, 0.4) is 0 Å². The molecule has 0 aliphatic heterocycles. The molecule has 0 spiro atoms. The van der Waals surface area contributed by atoms with E-state index in [9.17, 15) is 0 Å². The third kappa shape index (κ3) is 3.11. The second-order valence-electron chi connectivity index (χ2n) is 4.60. The minimum atomic E-state index is 0.523. The Balaban J connectivity index is 2.02. The Morgan fingerprint density at radius 1 is 1.50 bits per heavy atom. The lowest BCUT2D eigenvalue weighted by atomic mass is 9.87. The van der Waals surface area contributed by atoms with Crippen molar-refractivity contribution in [3.8, 4) is 0 Å². The van der Waals surface area contributed by atoms with Crippen molar-refractivity contribution in [2.75, 3.05) is 5.32 Å². The predicted molar refractivity (Wildman–Crippen MR) is 72.0 cm³/mol. The van der Waals surface area contributed by atoms with Gasteiger partial charge in [-0.15, -0.1) is 0 Å². The van der Waals surface area contributed by atoms with Crippen LogP contribution in [0.2, 0.25) is 5.02 Å². The summed E-state index contributed by atoms with van der Waals surface area (Å²) in [5.74, 6) is 1.62. The average Bonchev–Trinajstić information content (AvgIpc) is 2.22. The maximum absolute atomic E-state index is 6.13. The van der Waals surface area contributed by atoms with Gasteiger partial charge in [0.1, 0.15) is 5.82 Å². The molecule has 1 N–H and O–H groups in total. The molecule has 0 bridgehead atoms. The van der Waals surface area contributed by atoms with Gasteiger partial charge in [0.05, 0.1) is 5.02 Å². The lowest BCUT2D eigenvalue weighted by molar-refractivity contribution is 0.358. The van der Waals surface area contributed by atoms with Gasteiger partial charge >= 0.3 is 0 Å². The smallest absolute Gasteiger partial charge is 0.145 e. The minimum Gasteiger partial charge on any atom is -0.366 e. The zero-order chi connectivity index (χ0) is 11.5. The minimum absolute atomic E-state index is 0.523. The molecule has 2 nitrogen and oxygen atoms in total. The number of hydrogen-bond donors (Lipinski definition) is 1. The summed E-state index contributed by atoms with van der Waals surface area (Å²) in [5.41, 5.74) is 0. The number of pyridine rings is 1. The Morgan fingerprint density at radius 2 is 2.31 bits per heavy atom. The Labute approximate surface area is 110 Å². The zero-order valence-electron chi connectivity index (χ0n) is 9.34. The first-order valence-corrected chi connectivity index (χ1v) is 6.90. The summed E-state index contributed by atoms with van der Waals surface area (Å²) in [6, 6.07) is 2.40. The van der Waals surface area contributed by atoms with Crippen LogP contribution >= 0.6 is 27.5 Å². The number of nitrogens with zero attached hydrogens (tertiary/aromatic N) is 1. The number of halogens is 2. The van der Waals surface area contributed by atoms with Crippen molar-refractivity contribution >= 4 is 33.3 Å². The van der Waals surface area contributed by atoms with Crippen LogP contribution in [0.4, 0.5) is 5.82 Å². The van der Waals surface area contributed by atoms with Crippen molar-refractivity contribution in [3.05, 3.63) is 21.8 Å². The van der Waals surface area contributed by atoms with E-state index in [0.717, 1.165) is 16.2 Å². The molecule has 0 saturated heterocycles. The number of nitrogens with one attached hydrogen (secondary N) is 1. The van der Waals surface area contributed by atoms with Crippen LogP contribution in [0.1, 0.15) is 32.6 Å². The monoisotopic (exact) mass is 302 g/mol. The van der Waals surface area contributed by atoms with Gasteiger partial charge < -0.3 is 5.32 Å². The molecule has 2 atom stereocenters. The summed E-state index contributed by atoms with van der Waals surface area (Å²) in [4.78, 5) is 4.31. The molecule has 2 unspecified atom stereocenters. The number of hydrogen-bond acceptors (Lipinski definition) is 2. The summed E-state index contributed by atoms with van der Waals surface area (Å²) in [7, 11) is 0. The fraction of sp³-hybridized carbons (Fsp3) is 0.583. The summed E-state index contributed by atoms with van der Waals surface area (Å²) < 4.78 is 0.917. The van der Waals surface area contributed by atoms with E-state index in [-0.39, 0.29) is 0 Å². The average molecular weight is 304 g/mol. The third-order valence-electron chi connectivity index (χ3n) is 3.09.